The predicted molar refractivity (Wildman–Crippen MR) is 136 cm³/mol. The third-order valence-corrected chi connectivity index (χ3v) is 6.45. The van der Waals surface area contributed by atoms with E-state index in [2.05, 4.69) is 102 Å². The Morgan fingerprint density at radius 2 is 1.16 bits per heavy atom. The first-order valence-corrected chi connectivity index (χ1v) is 10.8. The van der Waals surface area contributed by atoms with Gasteiger partial charge in [0.15, 0.2) is 0 Å². The van der Waals surface area contributed by atoms with Crippen molar-refractivity contribution in [3.05, 3.63) is 108 Å². The highest BCUT2D eigenvalue weighted by Gasteiger charge is 2.09. The van der Waals surface area contributed by atoms with Gasteiger partial charge in [0.25, 0.3) is 0 Å². The van der Waals surface area contributed by atoms with E-state index in [0.29, 0.717) is 0 Å². The van der Waals surface area contributed by atoms with E-state index >= 15 is 0 Å². The average molecular weight is 406 g/mol. The Balaban J connectivity index is 1.40. The molecule has 2 nitrogen and oxygen atoms in total. The Labute approximate surface area is 184 Å². The van der Waals surface area contributed by atoms with E-state index in [9.17, 15) is 0 Å². The van der Waals surface area contributed by atoms with Crippen molar-refractivity contribution in [2.45, 2.75) is 0 Å². The standard InChI is InChI=1S/C30H18N2/c1-3-20-8-9-22-7-6-19(26-17-14-21(4-1)27(20)28(22)26)12-15-25-16-13-24-11-10-23-5-2-18-31-29(23)30(24)32-25/h1-18H/b15-12+. The van der Waals surface area contributed by atoms with Gasteiger partial charge < -0.3 is 0 Å². The lowest BCUT2D eigenvalue weighted by atomic mass is 9.92. The predicted octanol–water partition coefficient (Wildman–Crippen LogP) is 7.85. The van der Waals surface area contributed by atoms with Gasteiger partial charge in [-0.3, -0.25) is 4.98 Å². The van der Waals surface area contributed by atoms with Crippen LogP contribution in [0.4, 0.5) is 0 Å². The highest BCUT2D eigenvalue weighted by molar-refractivity contribution is 6.24. The maximum Gasteiger partial charge on any atom is 0.0971 e. The highest BCUT2D eigenvalue weighted by Crippen LogP contribution is 2.36. The molecule has 0 aliphatic heterocycles. The lowest BCUT2D eigenvalue weighted by molar-refractivity contribution is 1.35. The van der Waals surface area contributed by atoms with Gasteiger partial charge in [-0.25, -0.2) is 4.98 Å². The van der Waals surface area contributed by atoms with Gasteiger partial charge in [-0.2, -0.15) is 0 Å². The zero-order chi connectivity index (χ0) is 21.1. The highest BCUT2D eigenvalue weighted by atomic mass is 14.7. The van der Waals surface area contributed by atoms with Crippen LogP contribution < -0.4 is 0 Å². The molecule has 7 rings (SSSR count). The van der Waals surface area contributed by atoms with Crippen LogP contribution in [0.1, 0.15) is 11.3 Å². The topological polar surface area (TPSA) is 25.8 Å². The largest absolute Gasteiger partial charge is 0.254 e. The first-order chi connectivity index (χ1) is 15.8. The summed E-state index contributed by atoms with van der Waals surface area (Å²) in [6.45, 7) is 0. The van der Waals surface area contributed by atoms with Crippen LogP contribution in [0.15, 0.2) is 97.2 Å². The quantitative estimate of drug-likeness (QED) is 0.273. The normalized spacial score (nSPS) is 12.2. The average Bonchev–Trinajstić information content (AvgIpc) is 2.86. The van der Waals surface area contributed by atoms with Gasteiger partial charge >= 0.3 is 0 Å². The summed E-state index contributed by atoms with van der Waals surface area (Å²) >= 11 is 0. The number of fused-ring (bicyclic) bond motifs is 3. The fourth-order valence-electron chi connectivity index (χ4n) is 4.91. The van der Waals surface area contributed by atoms with Gasteiger partial charge in [-0.15, -0.1) is 0 Å². The molecule has 2 heterocycles. The molecule has 0 N–H and O–H groups in total. The van der Waals surface area contributed by atoms with Gasteiger partial charge in [-0.05, 0) is 56.1 Å². The fraction of sp³-hybridized carbons (Fsp3) is 0. The van der Waals surface area contributed by atoms with Crippen LogP contribution >= 0.6 is 0 Å². The number of rotatable bonds is 2. The molecule has 5 aromatic carbocycles. The minimum Gasteiger partial charge on any atom is -0.254 e. The summed E-state index contributed by atoms with van der Waals surface area (Å²) in [5.41, 5.74) is 4.03. The summed E-state index contributed by atoms with van der Waals surface area (Å²) in [6.07, 6.45) is 6.11. The van der Waals surface area contributed by atoms with E-state index in [4.69, 9.17) is 4.98 Å². The summed E-state index contributed by atoms with van der Waals surface area (Å²) in [6, 6.07) is 32.3. The van der Waals surface area contributed by atoms with Crippen LogP contribution in [0.3, 0.4) is 0 Å². The molecule has 0 atom stereocenters. The number of benzene rings is 5. The van der Waals surface area contributed by atoms with Crippen molar-refractivity contribution < 1.29 is 0 Å². The molecule has 32 heavy (non-hydrogen) atoms. The Kier molecular flexibility index (Phi) is 3.58. The molecule has 0 saturated carbocycles. The third-order valence-electron chi connectivity index (χ3n) is 6.45. The van der Waals surface area contributed by atoms with E-state index in [1.165, 1.54) is 37.9 Å². The summed E-state index contributed by atoms with van der Waals surface area (Å²) in [5.74, 6) is 0. The zero-order valence-electron chi connectivity index (χ0n) is 17.3. The lowest BCUT2D eigenvalue weighted by Gasteiger charge is -2.12. The molecule has 0 fully saturated rings. The number of aromatic nitrogens is 2. The number of pyridine rings is 2. The van der Waals surface area contributed by atoms with E-state index in [-0.39, 0.29) is 0 Å². The Hall–Kier alpha value is -4.30. The molecule has 2 aromatic heterocycles. The Morgan fingerprint density at radius 3 is 2.03 bits per heavy atom. The van der Waals surface area contributed by atoms with Gasteiger partial charge in [-0.1, -0.05) is 84.9 Å². The van der Waals surface area contributed by atoms with Crippen LogP contribution in [0.2, 0.25) is 0 Å². The fourth-order valence-corrected chi connectivity index (χ4v) is 4.91. The summed E-state index contributed by atoms with van der Waals surface area (Å²) < 4.78 is 0. The number of hydrogen-bond donors (Lipinski definition) is 0. The molecule has 0 unspecified atom stereocenters. The molecule has 2 heteroatoms. The van der Waals surface area contributed by atoms with Crippen molar-refractivity contribution >= 4 is 66.3 Å². The van der Waals surface area contributed by atoms with Crippen molar-refractivity contribution in [1.82, 2.24) is 9.97 Å². The van der Waals surface area contributed by atoms with Crippen molar-refractivity contribution in [2.24, 2.45) is 0 Å². The van der Waals surface area contributed by atoms with Gasteiger partial charge in [0.1, 0.15) is 0 Å². The van der Waals surface area contributed by atoms with Crippen LogP contribution in [0.5, 0.6) is 0 Å². The molecule has 0 aliphatic rings. The smallest absolute Gasteiger partial charge is 0.0971 e. The van der Waals surface area contributed by atoms with Crippen LogP contribution in [0, 0.1) is 0 Å². The number of hydrogen-bond acceptors (Lipinski definition) is 2. The monoisotopic (exact) mass is 406 g/mol. The first kappa shape index (κ1) is 17.4. The SMILES string of the molecule is C(=C\c1ccc2ccc3cccc4ccc1c2c34)/c1ccc2ccc3cccnc3c2n1. The molecule has 0 spiro atoms. The second kappa shape index (κ2) is 6.60. The first-order valence-electron chi connectivity index (χ1n) is 10.8. The third kappa shape index (κ3) is 2.53. The minimum absolute atomic E-state index is 0.932. The molecule has 0 aliphatic carbocycles. The zero-order valence-corrected chi connectivity index (χ0v) is 17.3. The van der Waals surface area contributed by atoms with Gasteiger partial charge in [0.2, 0.25) is 0 Å². The van der Waals surface area contributed by atoms with E-state index in [1.54, 1.807) is 0 Å². The summed E-state index contributed by atoms with van der Waals surface area (Å²) in [5, 5.41) is 10.0. The molecule has 0 bridgehead atoms. The van der Waals surface area contributed by atoms with Crippen LogP contribution in [0.25, 0.3) is 66.3 Å². The lowest BCUT2D eigenvalue weighted by Crippen LogP contribution is -1.88. The maximum absolute atomic E-state index is 4.93. The van der Waals surface area contributed by atoms with E-state index in [0.717, 1.165) is 27.5 Å². The minimum atomic E-state index is 0.932. The summed E-state index contributed by atoms with van der Waals surface area (Å²) in [4.78, 5) is 9.50. The maximum atomic E-state index is 4.93. The molecule has 0 amide bonds. The Morgan fingerprint density at radius 1 is 0.500 bits per heavy atom. The molecule has 0 radical (unpaired) electrons. The second-order valence-electron chi connectivity index (χ2n) is 8.29. The van der Waals surface area contributed by atoms with Gasteiger partial charge in [0.05, 0.1) is 16.7 Å². The number of nitrogens with zero attached hydrogens (tertiary/aromatic N) is 2. The molecule has 7 aromatic rings. The van der Waals surface area contributed by atoms with E-state index in [1.807, 2.05) is 12.3 Å². The molecular formula is C30H18N2. The van der Waals surface area contributed by atoms with Crippen LogP contribution in [-0.2, 0) is 0 Å². The van der Waals surface area contributed by atoms with Crippen LogP contribution in [-0.4, -0.2) is 9.97 Å². The summed E-state index contributed by atoms with van der Waals surface area (Å²) in [7, 11) is 0. The van der Waals surface area contributed by atoms with E-state index < -0.39 is 0 Å². The van der Waals surface area contributed by atoms with Gasteiger partial charge in [0, 0.05) is 17.0 Å². The molecule has 0 saturated heterocycles. The second-order valence-corrected chi connectivity index (χ2v) is 8.29. The molecular weight excluding hydrogens is 388 g/mol. The van der Waals surface area contributed by atoms with Crippen molar-refractivity contribution in [1.29, 1.82) is 0 Å². The van der Waals surface area contributed by atoms with Crippen molar-refractivity contribution in [3.8, 4) is 0 Å². The van der Waals surface area contributed by atoms with Crippen molar-refractivity contribution in [2.75, 3.05) is 0 Å². The molecule has 148 valence electrons. The van der Waals surface area contributed by atoms with Crippen molar-refractivity contribution in [3.63, 3.8) is 0 Å². The Bertz CT molecular complexity index is 1810.